The monoisotopic (exact) mass is 271 g/mol. The van der Waals surface area contributed by atoms with Crippen LogP contribution in [0.3, 0.4) is 0 Å². The van der Waals surface area contributed by atoms with Gasteiger partial charge in [-0.1, -0.05) is 25.4 Å². The molecule has 1 unspecified atom stereocenters. The lowest BCUT2D eigenvalue weighted by Crippen LogP contribution is -2.36. The van der Waals surface area contributed by atoms with Gasteiger partial charge in [0, 0.05) is 5.02 Å². The molecule has 0 amide bonds. The Morgan fingerprint density at radius 1 is 1.50 bits per heavy atom. The largest absolute Gasteiger partial charge is 0.491 e. The van der Waals surface area contributed by atoms with E-state index >= 15 is 0 Å². The maximum Gasteiger partial charge on any atom is 0.324 e. The highest BCUT2D eigenvalue weighted by Gasteiger charge is 2.14. The summed E-state index contributed by atoms with van der Waals surface area (Å²) in [7, 11) is 0. The van der Waals surface area contributed by atoms with Crippen LogP contribution in [0.1, 0.15) is 30.9 Å². The van der Waals surface area contributed by atoms with Crippen LogP contribution < -0.4 is 10.5 Å². The number of nitrogens with two attached hydrogens (primary N) is 1. The van der Waals surface area contributed by atoms with Crippen molar-refractivity contribution in [3.05, 3.63) is 28.3 Å². The minimum Gasteiger partial charge on any atom is -0.491 e. The highest BCUT2D eigenvalue weighted by Crippen LogP contribution is 2.31. The summed E-state index contributed by atoms with van der Waals surface area (Å²) in [5.41, 5.74) is 7.23. The second-order valence-corrected chi connectivity index (χ2v) is 4.96. The Kier molecular flexibility index (Phi) is 4.99. The molecule has 0 spiro atoms. The lowest BCUT2D eigenvalue weighted by Gasteiger charge is -2.15. The van der Waals surface area contributed by atoms with E-state index < -0.39 is 12.0 Å². The average Bonchev–Trinajstić information content (AvgIpc) is 2.26. The highest BCUT2D eigenvalue weighted by atomic mass is 35.5. The first-order chi connectivity index (χ1) is 8.32. The molecule has 1 rings (SSSR count). The van der Waals surface area contributed by atoms with E-state index in [-0.39, 0.29) is 12.5 Å². The van der Waals surface area contributed by atoms with Gasteiger partial charge < -0.3 is 15.6 Å². The molecule has 1 aromatic carbocycles. The molecule has 0 aliphatic heterocycles. The number of rotatable bonds is 5. The lowest BCUT2D eigenvalue weighted by atomic mass is 10.0. The smallest absolute Gasteiger partial charge is 0.324 e. The predicted molar refractivity (Wildman–Crippen MR) is 71.4 cm³/mol. The van der Waals surface area contributed by atoms with Crippen molar-refractivity contribution in [3.8, 4) is 5.75 Å². The number of benzene rings is 1. The summed E-state index contributed by atoms with van der Waals surface area (Å²) >= 11 is 6.14. The van der Waals surface area contributed by atoms with Crippen molar-refractivity contribution < 1.29 is 14.6 Å². The summed E-state index contributed by atoms with van der Waals surface area (Å²) in [6.45, 7) is 5.86. The quantitative estimate of drug-likeness (QED) is 0.863. The van der Waals surface area contributed by atoms with Crippen LogP contribution in [0.2, 0.25) is 5.02 Å². The second-order valence-electron chi connectivity index (χ2n) is 4.55. The summed E-state index contributed by atoms with van der Waals surface area (Å²) in [6.07, 6.45) is 0. The number of hydrogen-bond donors (Lipinski definition) is 2. The third kappa shape index (κ3) is 3.62. The van der Waals surface area contributed by atoms with Crippen LogP contribution in [0.15, 0.2) is 12.1 Å². The van der Waals surface area contributed by atoms with Gasteiger partial charge in [0.2, 0.25) is 0 Å². The zero-order valence-electron chi connectivity index (χ0n) is 10.7. The molecule has 0 bridgehead atoms. The van der Waals surface area contributed by atoms with Crippen LogP contribution in [0.4, 0.5) is 0 Å². The molecule has 3 N–H and O–H groups in total. The molecule has 1 atom stereocenters. The summed E-state index contributed by atoms with van der Waals surface area (Å²) in [4.78, 5) is 10.6. The topological polar surface area (TPSA) is 72.5 Å². The summed E-state index contributed by atoms with van der Waals surface area (Å²) in [5.74, 6) is -0.181. The third-order valence-electron chi connectivity index (χ3n) is 2.65. The van der Waals surface area contributed by atoms with Crippen LogP contribution in [0.25, 0.3) is 0 Å². The van der Waals surface area contributed by atoms with Gasteiger partial charge in [0.25, 0.3) is 0 Å². The Morgan fingerprint density at radius 2 is 2.11 bits per heavy atom. The number of aryl methyl sites for hydroxylation is 1. The minimum absolute atomic E-state index is 0.0602. The molecule has 0 saturated carbocycles. The van der Waals surface area contributed by atoms with Gasteiger partial charge in [-0.25, -0.2) is 0 Å². The fraction of sp³-hybridized carbons (Fsp3) is 0.462. The Hall–Kier alpha value is -1.26. The van der Waals surface area contributed by atoms with Crippen LogP contribution in [0.5, 0.6) is 5.75 Å². The Bertz CT molecular complexity index is 446. The van der Waals surface area contributed by atoms with Crippen molar-refractivity contribution in [2.24, 2.45) is 5.73 Å². The van der Waals surface area contributed by atoms with Crippen molar-refractivity contribution in [1.82, 2.24) is 0 Å². The number of hydrogen-bond acceptors (Lipinski definition) is 3. The molecule has 5 heteroatoms. The Labute approximate surface area is 112 Å². The number of carboxylic acid groups (broad SMARTS) is 1. The Balaban J connectivity index is 2.89. The van der Waals surface area contributed by atoms with E-state index in [1.807, 2.05) is 32.9 Å². The first-order valence-corrected chi connectivity index (χ1v) is 6.12. The fourth-order valence-electron chi connectivity index (χ4n) is 1.52. The van der Waals surface area contributed by atoms with Gasteiger partial charge >= 0.3 is 5.97 Å². The zero-order valence-corrected chi connectivity index (χ0v) is 11.5. The van der Waals surface area contributed by atoms with Crippen LogP contribution in [-0.4, -0.2) is 23.7 Å². The van der Waals surface area contributed by atoms with Crippen molar-refractivity contribution in [1.29, 1.82) is 0 Å². The third-order valence-corrected chi connectivity index (χ3v) is 2.98. The van der Waals surface area contributed by atoms with E-state index in [0.717, 1.165) is 11.1 Å². The number of carbonyl (C=O) groups is 1. The van der Waals surface area contributed by atoms with Gasteiger partial charge in [-0.05, 0) is 36.1 Å². The van der Waals surface area contributed by atoms with Crippen molar-refractivity contribution >= 4 is 17.6 Å². The van der Waals surface area contributed by atoms with E-state index in [1.54, 1.807) is 0 Å². The number of ether oxygens (including phenoxy) is 1. The van der Waals surface area contributed by atoms with Crippen LogP contribution in [0, 0.1) is 6.92 Å². The van der Waals surface area contributed by atoms with Gasteiger partial charge in [-0.3, -0.25) is 4.79 Å². The molecular formula is C13H18ClNO3. The zero-order chi connectivity index (χ0) is 13.9. The van der Waals surface area contributed by atoms with Gasteiger partial charge in [-0.15, -0.1) is 0 Å². The standard InChI is InChI=1S/C13H18ClNO3/c1-7(2)9-5-12(8(3)4-10(9)14)18-6-11(15)13(16)17/h4-5,7,11H,6,15H2,1-3H3,(H,16,17). The van der Waals surface area contributed by atoms with E-state index in [0.29, 0.717) is 10.8 Å². The molecule has 0 aromatic heterocycles. The van der Waals surface area contributed by atoms with E-state index in [9.17, 15) is 4.79 Å². The summed E-state index contributed by atoms with van der Waals surface area (Å²) in [6, 6.07) is 2.64. The van der Waals surface area contributed by atoms with Crippen molar-refractivity contribution in [2.75, 3.05) is 6.61 Å². The van der Waals surface area contributed by atoms with Crippen molar-refractivity contribution in [3.63, 3.8) is 0 Å². The Morgan fingerprint density at radius 3 is 2.61 bits per heavy atom. The first-order valence-electron chi connectivity index (χ1n) is 5.74. The molecular weight excluding hydrogens is 254 g/mol. The molecule has 18 heavy (non-hydrogen) atoms. The van der Waals surface area contributed by atoms with Gasteiger partial charge in [-0.2, -0.15) is 0 Å². The van der Waals surface area contributed by atoms with E-state index in [2.05, 4.69) is 0 Å². The van der Waals surface area contributed by atoms with Crippen molar-refractivity contribution in [2.45, 2.75) is 32.7 Å². The van der Waals surface area contributed by atoms with Gasteiger partial charge in [0.1, 0.15) is 18.4 Å². The maximum atomic E-state index is 10.6. The number of carboxylic acids is 1. The summed E-state index contributed by atoms with van der Waals surface area (Å²) in [5, 5.41) is 9.38. The van der Waals surface area contributed by atoms with Gasteiger partial charge in [0.05, 0.1) is 0 Å². The number of aliphatic carboxylic acids is 1. The first kappa shape index (κ1) is 14.8. The van der Waals surface area contributed by atoms with Crippen LogP contribution in [-0.2, 0) is 4.79 Å². The predicted octanol–water partition coefficient (Wildman–Crippen LogP) is 2.56. The van der Waals surface area contributed by atoms with E-state index in [1.165, 1.54) is 0 Å². The molecule has 0 radical (unpaired) electrons. The minimum atomic E-state index is -1.08. The molecule has 0 fully saturated rings. The van der Waals surface area contributed by atoms with Crippen LogP contribution >= 0.6 is 11.6 Å². The highest BCUT2D eigenvalue weighted by molar-refractivity contribution is 6.31. The van der Waals surface area contributed by atoms with E-state index in [4.69, 9.17) is 27.2 Å². The molecule has 0 aliphatic carbocycles. The molecule has 1 aromatic rings. The van der Waals surface area contributed by atoms with Gasteiger partial charge in [0.15, 0.2) is 0 Å². The molecule has 0 aliphatic rings. The summed E-state index contributed by atoms with van der Waals surface area (Å²) < 4.78 is 5.44. The molecule has 0 heterocycles. The second kappa shape index (κ2) is 6.07. The fourth-order valence-corrected chi connectivity index (χ4v) is 1.95. The normalized spacial score (nSPS) is 12.6. The maximum absolute atomic E-state index is 10.6. The average molecular weight is 272 g/mol. The number of halogens is 1. The molecule has 0 saturated heterocycles. The molecule has 4 nitrogen and oxygen atoms in total. The molecule has 100 valence electrons. The SMILES string of the molecule is Cc1cc(Cl)c(C(C)C)cc1OCC(N)C(=O)O. The lowest BCUT2D eigenvalue weighted by molar-refractivity contribution is -0.139.